The van der Waals surface area contributed by atoms with Gasteiger partial charge in [-0.15, -0.1) is 0 Å². The number of carbonyl (C=O) groups excluding carboxylic acids is 1. The van der Waals surface area contributed by atoms with E-state index in [-0.39, 0.29) is 16.8 Å². The first-order valence-electron chi connectivity index (χ1n) is 12.1. The molecule has 0 fully saturated rings. The fraction of sp³-hybridized carbons (Fsp3) is 0.207. The van der Waals surface area contributed by atoms with E-state index in [1.807, 2.05) is 48.5 Å². The third-order valence-electron chi connectivity index (χ3n) is 5.90. The molecule has 0 unspecified atom stereocenters. The van der Waals surface area contributed by atoms with E-state index in [0.29, 0.717) is 29.2 Å². The van der Waals surface area contributed by atoms with Crippen LogP contribution in [-0.2, 0) is 10.2 Å². The van der Waals surface area contributed by atoms with Crippen molar-refractivity contribution in [1.29, 1.82) is 5.41 Å². The van der Waals surface area contributed by atoms with E-state index in [2.05, 4.69) is 48.0 Å². The number of pyridine rings is 1. The normalized spacial score (nSPS) is 16.3. The van der Waals surface area contributed by atoms with E-state index in [4.69, 9.17) is 14.9 Å². The minimum Gasteiger partial charge on any atom is -0.490 e. The lowest BCUT2D eigenvalue weighted by atomic mass is 9.87. The Hall–Kier alpha value is -4.24. The second kappa shape index (κ2) is 10.6. The summed E-state index contributed by atoms with van der Waals surface area (Å²) in [5.41, 5.74) is 3.09. The monoisotopic (exact) mass is 525 g/mol. The summed E-state index contributed by atoms with van der Waals surface area (Å²) < 4.78 is 11.6. The second-order valence-electron chi connectivity index (χ2n) is 9.71. The van der Waals surface area contributed by atoms with Gasteiger partial charge in [0.1, 0.15) is 29.8 Å². The quantitative estimate of drug-likeness (QED) is 0.323. The van der Waals surface area contributed by atoms with Gasteiger partial charge in [0, 0.05) is 18.0 Å². The predicted molar refractivity (Wildman–Crippen MR) is 151 cm³/mol. The summed E-state index contributed by atoms with van der Waals surface area (Å²) >= 11 is 1.25. The molecule has 2 aromatic carbocycles. The van der Waals surface area contributed by atoms with Crippen LogP contribution in [0.2, 0.25) is 0 Å². The van der Waals surface area contributed by atoms with Crippen LogP contribution in [-0.4, -0.2) is 45.2 Å². The molecule has 3 aromatic rings. The summed E-state index contributed by atoms with van der Waals surface area (Å²) in [5, 5.41) is 15.4. The number of nitrogens with zero attached hydrogens (tertiary/aromatic N) is 4. The maximum Gasteiger partial charge on any atom is 0.283 e. The van der Waals surface area contributed by atoms with Crippen LogP contribution in [0.25, 0.3) is 6.08 Å². The summed E-state index contributed by atoms with van der Waals surface area (Å²) in [6.45, 7) is 7.36. The number of ether oxygens (including phenoxy) is 2. The van der Waals surface area contributed by atoms with Crippen molar-refractivity contribution in [3.8, 4) is 11.5 Å². The highest BCUT2D eigenvalue weighted by molar-refractivity contribution is 8.27. The molecule has 1 amide bonds. The SMILES string of the molecule is CC(C)(C)c1ccc(OCCOc2ccc(/C=C3/C(=N)N4N=C(c5cccnc5)SC4=NC3=O)cc2)cc1. The zero-order valence-corrected chi connectivity index (χ0v) is 22.2. The van der Waals surface area contributed by atoms with Crippen LogP contribution < -0.4 is 9.47 Å². The average molecular weight is 526 g/mol. The lowest BCUT2D eigenvalue weighted by Crippen LogP contribution is -2.35. The van der Waals surface area contributed by atoms with Crippen molar-refractivity contribution in [3.05, 3.63) is 95.3 Å². The molecular formula is C29H27N5O3S. The highest BCUT2D eigenvalue weighted by Crippen LogP contribution is 2.31. The van der Waals surface area contributed by atoms with Crippen LogP contribution in [0.15, 0.2) is 88.7 Å². The maximum absolute atomic E-state index is 12.7. The molecule has 0 atom stereocenters. The Kier molecular flexibility index (Phi) is 7.11. The van der Waals surface area contributed by atoms with E-state index in [1.54, 1.807) is 18.5 Å². The minimum atomic E-state index is -0.468. The predicted octanol–water partition coefficient (Wildman–Crippen LogP) is 5.50. The summed E-state index contributed by atoms with van der Waals surface area (Å²) in [7, 11) is 0. The van der Waals surface area contributed by atoms with Crippen molar-refractivity contribution >= 4 is 39.8 Å². The van der Waals surface area contributed by atoms with E-state index < -0.39 is 5.91 Å². The van der Waals surface area contributed by atoms with Gasteiger partial charge < -0.3 is 9.47 Å². The number of amidine groups is 2. The van der Waals surface area contributed by atoms with E-state index in [9.17, 15) is 4.79 Å². The highest BCUT2D eigenvalue weighted by atomic mass is 32.2. The van der Waals surface area contributed by atoms with Crippen molar-refractivity contribution in [2.45, 2.75) is 26.2 Å². The average Bonchev–Trinajstić information content (AvgIpc) is 3.34. The lowest BCUT2D eigenvalue weighted by Gasteiger charge is -2.20. The molecule has 3 heterocycles. The van der Waals surface area contributed by atoms with Gasteiger partial charge in [0.05, 0.1) is 5.57 Å². The van der Waals surface area contributed by atoms with Crippen LogP contribution in [0.5, 0.6) is 11.5 Å². The van der Waals surface area contributed by atoms with E-state index >= 15 is 0 Å². The molecule has 8 nitrogen and oxygen atoms in total. The van der Waals surface area contributed by atoms with Crippen molar-refractivity contribution < 1.29 is 14.3 Å². The topological polar surface area (TPSA) is 100 Å². The molecule has 0 saturated carbocycles. The fourth-order valence-electron chi connectivity index (χ4n) is 3.80. The van der Waals surface area contributed by atoms with Gasteiger partial charge in [-0.3, -0.25) is 15.2 Å². The Labute approximate surface area is 225 Å². The fourth-order valence-corrected chi connectivity index (χ4v) is 4.68. The third-order valence-corrected chi connectivity index (χ3v) is 6.85. The van der Waals surface area contributed by atoms with Crippen LogP contribution in [0.1, 0.15) is 37.5 Å². The summed E-state index contributed by atoms with van der Waals surface area (Å²) in [5.74, 6) is 1.01. The van der Waals surface area contributed by atoms with Crippen LogP contribution in [0.3, 0.4) is 0 Å². The summed E-state index contributed by atoms with van der Waals surface area (Å²) in [6.07, 6.45) is 5.01. The van der Waals surface area contributed by atoms with Gasteiger partial charge in [-0.25, -0.2) is 0 Å². The molecular weight excluding hydrogens is 498 g/mol. The number of aliphatic imine (C=N–C) groups is 1. The maximum atomic E-state index is 12.7. The Balaban J connectivity index is 1.18. The Morgan fingerprint density at radius 1 is 0.974 bits per heavy atom. The molecule has 0 bridgehead atoms. The van der Waals surface area contributed by atoms with Crippen molar-refractivity contribution in [1.82, 2.24) is 9.99 Å². The summed E-state index contributed by atoms with van der Waals surface area (Å²) in [4.78, 5) is 20.9. The Morgan fingerprint density at radius 2 is 1.63 bits per heavy atom. The molecule has 2 aliphatic heterocycles. The van der Waals surface area contributed by atoms with Gasteiger partial charge in [0.25, 0.3) is 5.91 Å². The van der Waals surface area contributed by atoms with Crippen LogP contribution in [0.4, 0.5) is 0 Å². The second-order valence-corrected chi connectivity index (χ2v) is 10.7. The number of fused-ring (bicyclic) bond motifs is 1. The first kappa shape index (κ1) is 25.4. The van der Waals surface area contributed by atoms with E-state index in [1.165, 1.54) is 22.3 Å². The molecule has 0 spiro atoms. The highest BCUT2D eigenvalue weighted by Gasteiger charge is 2.36. The molecule has 5 rings (SSSR count). The number of hydrogen-bond acceptors (Lipinski definition) is 7. The first-order valence-corrected chi connectivity index (χ1v) is 13.0. The van der Waals surface area contributed by atoms with Crippen molar-refractivity contribution in [2.24, 2.45) is 10.1 Å². The molecule has 1 aromatic heterocycles. The lowest BCUT2D eigenvalue weighted by molar-refractivity contribution is -0.114. The number of nitrogens with one attached hydrogen (secondary N) is 1. The molecule has 192 valence electrons. The van der Waals surface area contributed by atoms with Crippen LogP contribution in [0, 0.1) is 5.41 Å². The molecule has 2 aliphatic rings. The minimum absolute atomic E-state index is 0.0144. The summed E-state index contributed by atoms with van der Waals surface area (Å²) in [6, 6.07) is 19.1. The van der Waals surface area contributed by atoms with Gasteiger partial charge in [-0.1, -0.05) is 45.0 Å². The number of carbonyl (C=O) groups is 1. The van der Waals surface area contributed by atoms with Gasteiger partial charge in [0.2, 0.25) is 5.17 Å². The van der Waals surface area contributed by atoms with Crippen molar-refractivity contribution in [3.63, 3.8) is 0 Å². The Morgan fingerprint density at radius 3 is 2.24 bits per heavy atom. The number of thioether (sulfide) groups is 1. The number of hydrazone groups is 1. The first-order chi connectivity index (χ1) is 18.3. The standard InChI is InChI=1S/C29H27N5O3S/c1-29(2,3)21-8-12-23(13-9-21)37-16-15-36-22-10-6-19(7-11-22)17-24-25(30)34-28(32-26(24)35)38-27(33-34)20-5-4-14-31-18-20/h4-14,17-18,30H,15-16H2,1-3H3/b24-17-,30-25?. The molecule has 0 radical (unpaired) electrons. The largest absolute Gasteiger partial charge is 0.490 e. The zero-order valence-electron chi connectivity index (χ0n) is 21.3. The Bertz CT molecular complexity index is 1440. The van der Waals surface area contributed by atoms with Crippen LogP contribution >= 0.6 is 11.8 Å². The van der Waals surface area contributed by atoms with Gasteiger partial charge in [0.15, 0.2) is 5.84 Å². The van der Waals surface area contributed by atoms with Gasteiger partial charge >= 0.3 is 0 Å². The number of amides is 1. The van der Waals surface area contributed by atoms with Crippen molar-refractivity contribution in [2.75, 3.05) is 13.2 Å². The number of rotatable bonds is 7. The number of hydrogen-bond donors (Lipinski definition) is 1. The molecule has 1 N–H and O–H groups in total. The molecule has 0 saturated heterocycles. The van der Waals surface area contributed by atoms with E-state index in [0.717, 1.165) is 16.9 Å². The van der Waals surface area contributed by atoms with Gasteiger partial charge in [-0.05, 0) is 70.8 Å². The molecule has 38 heavy (non-hydrogen) atoms. The zero-order chi connectivity index (χ0) is 26.7. The number of aromatic nitrogens is 1. The molecule has 9 heteroatoms. The third kappa shape index (κ3) is 5.68. The molecule has 0 aliphatic carbocycles. The smallest absolute Gasteiger partial charge is 0.283 e. The van der Waals surface area contributed by atoms with Gasteiger partial charge in [-0.2, -0.15) is 15.1 Å². The number of benzene rings is 2.